The maximum Gasteiger partial charge on any atom is 0.245 e. The van der Waals surface area contributed by atoms with E-state index in [2.05, 4.69) is 17.5 Å². The number of para-hydroxylation sites is 1. The lowest BCUT2D eigenvalue weighted by Gasteiger charge is -2.34. The van der Waals surface area contributed by atoms with Crippen molar-refractivity contribution in [1.29, 1.82) is 0 Å². The molecule has 2 aliphatic carbocycles. The molecule has 152 valence electrons. The first-order valence-electron chi connectivity index (χ1n) is 10.3. The lowest BCUT2D eigenvalue weighted by molar-refractivity contribution is -0.134. The Kier molecular flexibility index (Phi) is 4.87. The van der Waals surface area contributed by atoms with E-state index >= 15 is 0 Å². The predicted molar refractivity (Wildman–Crippen MR) is 118 cm³/mol. The molecule has 4 atom stereocenters. The fraction of sp³-hybridized carbons (Fsp3) is 0.292. The highest BCUT2D eigenvalue weighted by Gasteiger charge is 2.44. The normalized spacial score (nSPS) is 27.5. The molecule has 1 aliphatic heterocycles. The SMILES string of the molecule is O=C1NC(=S)N(c2ccc(Oc3ccccc3)cc2)C(=O)C1CC1CC2C=CC1C2. The van der Waals surface area contributed by atoms with E-state index in [1.165, 1.54) is 4.90 Å². The summed E-state index contributed by atoms with van der Waals surface area (Å²) in [5.41, 5.74) is 0.628. The molecule has 2 bridgehead atoms. The smallest absolute Gasteiger partial charge is 0.245 e. The lowest BCUT2D eigenvalue weighted by atomic mass is 9.83. The maximum atomic E-state index is 13.2. The fourth-order valence-electron chi connectivity index (χ4n) is 4.83. The van der Waals surface area contributed by atoms with E-state index in [1.54, 1.807) is 24.3 Å². The summed E-state index contributed by atoms with van der Waals surface area (Å²) in [6, 6.07) is 16.7. The van der Waals surface area contributed by atoms with E-state index in [0.717, 1.165) is 18.6 Å². The van der Waals surface area contributed by atoms with E-state index < -0.39 is 5.92 Å². The van der Waals surface area contributed by atoms with Gasteiger partial charge >= 0.3 is 0 Å². The minimum atomic E-state index is -0.699. The molecule has 3 aliphatic rings. The third kappa shape index (κ3) is 3.52. The lowest BCUT2D eigenvalue weighted by Crippen LogP contribution is -2.58. The number of amides is 2. The molecule has 1 heterocycles. The number of carbonyl (C=O) groups excluding carboxylic acids is 2. The molecule has 0 aromatic heterocycles. The van der Waals surface area contributed by atoms with Gasteiger partial charge in [-0.05, 0) is 85.6 Å². The van der Waals surface area contributed by atoms with Gasteiger partial charge in [-0.3, -0.25) is 14.5 Å². The Balaban J connectivity index is 1.32. The number of rotatable bonds is 5. The van der Waals surface area contributed by atoms with E-state index in [0.29, 0.717) is 35.6 Å². The summed E-state index contributed by atoms with van der Waals surface area (Å²) in [6.45, 7) is 0. The van der Waals surface area contributed by atoms with Crippen molar-refractivity contribution in [1.82, 2.24) is 5.32 Å². The molecule has 2 aromatic rings. The summed E-state index contributed by atoms with van der Waals surface area (Å²) in [4.78, 5) is 27.2. The Morgan fingerprint density at radius 2 is 1.70 bits per heavy atom. The highest BCUT2D eigenvalue weighted by atomic mass is 32.1. The van der Waals surface area contributed by atoms with Crippen LogP contribution >= 0.6 is 12.2 Å². The molecule has 0 spiro atoms. The highest BCUT2D eigenvalue weighted by Crippen LogP contribution is 2.46. The first-order valence-corrected chi connectivity index (χ1v) is 10.7. The third-order valence-electron chi connectivity index (χ3n) is 6.30. The Hall–Kier alpha value is -2.99. The average molecular weight is 419 g/mol. The standard InChI is InChI=1S/C24H22N2O3S/c27-22-21(14-17-13-15-6-7-16(17)12-15)23(28)26(24(30)25-22)18-8-10-20(11-9-18)29-19-4-2-1-3-5-19/h1-11,15-17,21H,12-14H2,(H,25,27,30). The summed E-state index contributed by atoms with van der Waals surface area (Å²) >= 11 is 5.32. The molecule has 5 rings (SSSR count). The summed E-state index contributed by atoms with van der Waals surface area (Å²) in [7, 11) is 0. The molecule has 2 aromatic carbocycles. The monoisotopic (exact) mass is 418 g/mol. The molecular formula is C24H22N2O3S. The van der Waals surface area contributed by atoms with Crippen LogP contribution in [0.5, 0.6) is 11.5 Å². The van der Waals surface area contributed by atoms with Crippen molar-refractivity contribution in [3.63, 3.8) is 0 Å². The second-order valence-electron chi connectivity index (χ2n) is 8.21. The Morgan fingerprint density at radius 3 is 2.37 bits per heavy atom. The van der Waals surface area contributed by atoms with Crippen LogP contribution in [0.25, 0.3) is 0 Å². The number of carbonyl (C=O) groups is 2. The summed E-state index contributed by atoms with van der Waals surface area (Å²) in [6.07, 6.45) is 7.30. The van der Waals surface area contributed by atoms with Crippen LogP contribution in [0.2, 0.25) is 0 Å². The molecule has 2 fully saturated rings. The molecule has 5 nitrogen and oxygen atoms in total. The van der Waals surface area contributed by atoms with Crippen molar-refractivity contribution in [3.8, 4) is 11.5 Å². The van der Waals surface area contributed by atoms with Crippen LogP contribution in [0.3, 0.4) is 0 Å². The molecular weight excluding hydrogens is 396 g/mol. The van der Waals surface area contributed by atoms with Gasteiger partial charge in [-0.25, -0.2) is 0 Å². The van der Waals surface area contributed by atoms with Gasteiger partial charge in [0.15, 0.2) is 5.11 Å². The number of anilines is 1. The highest BCUT2D eigenvalue weighted by molar-refractivity contribution is 7.80. The zero-order valence-electron chi connectivity index (χ0n) is 16.4. The molecule has 6 heteroatoms. The van der Waals surface area contributed by atoms with Crippen molar-refractivity contribution in [2.75, 3.05) is 4.90 Å². The van der Waals surface area contributed by atoms with E-state index in [4.69, 9.17) is 17.0 Å². The number of benzene rings is 2. The van der Waals surface area contributed by atoms with Crippen LogP contribution in [0.1, 0.15) is 19.3 Å². The van der Waals surface area contributed by atoms with E-state index in [-0.39, 0.29) is 16.9 Å². The van der Waals surface area contributed by atoms with Gasteiger partial charge < -0.3 is 10.1 Å². The predicted octanol–water partition coefficient (Wildman–Crippen LogP) is 4.45. The summed E-state index contributed by atoms with van der Waals surface area (Å²) < 4.78 is 5.82. The fourth-order valence-corrected chi connectivity index (χ4v) is 5.12. The molecule has 1 saturated heterocycles. The number of hydrogen-bond donors (Lipinski definition) is 1. The number of allylic oxidation sites excluding steroid dienone is 2. The number of hydrogen-bond acceptors (Lipinski definition) is 4. The second kappa shape index (κ2) is 7.69. The summed E-state index contributed by atoms with van der Waals surface area (Å²) in [5, 5.41) is 2.86. The van der Waals surface area contributed by atoms with Crippen LogP contribution in [0.4, 0.5) is 5.69 Å². The number of nitrogens with zero attached hydrogens (tertiary/aromatic N) is 1. The van der Waals surface area contributed by atoms with Crippen LogP contribution in [-0.2, 0) is 9.59 Å². The molecule has 1 N–H and O–H groups in total. The average Bonchev–Trinajstić information content (AvgIpc) is 3.36. The van der Waals surface area contributed by atoms with Crippen LogP contribution < -0.4 is 15.0 Å². The van der Waals surface area contributed by atoms with Crippen molar-refractivity contribution in [3.05, 3.63) is 66.7 Å². The summed E-state index contributed by atoms with van der Waals surface area (Å²) in [5.74, 6) is 1.66. The zero-order chi connectivity index (χ0) is 20.7. The Morgan fingerprint density at radius 1 is 0.967 bits per heavy atom. The van der Waals surface area contributed by atoms with Gasteiger partial charge in [0.1, 0.15) is 17.4 Å². The molecule has 30 heavy (non-hydrogen) atoms. The number of ether oxygens (including phenoxy) is 1. The zero-order valence-corrected chi connectivity index (χ0v) is 17.2. The molecule has 2 amide bonds. The van der Waals surface area contributed by atoms with Crippen molar-refractivity contribution >= 4 is 34.8 Å². The van der Waals surface area contributed by atoms with Gasteiger partial charge in [-0.15, -0.1) is 0 Å². The van der Waals surface area contributed by atoms with Gasteiger partial charge in [-0.2, -0.15) is 0 Å². The first kappa shape index (κ1) is 19.0. The van der Waals surface area contributed by atoms with Gasteiger partial charge in [0.25, 0.3) is 0 Å². The van der Waals surface area contributed by atoms with Crippen molar-refractivity contribution in [2.24, 2.45) is 23.7 Å². The third-order valence-corrected chi connectivity index (χ3v) is 6.58. The molecule has 4 unspecified atom stereocenters. The topological polar surface area (TPSA) is 58.6 Å². The number of fused-ring (bicyclic) bond motifs is 2. The Bertz CT molecular complexity index is 1020. The maximum absolute atomic E-state index is 13.2. The van der Waals surface area contributed by atoms with Gasteiger partial charge in [0.2, 0.25) is 11.8 Å². The van der Waals surface area contributed by atoms with Crippen molar-refractivity contribution in [2.45, 2.75) is 19.3 Å². The largest absolute Gasteiger partial charge is 0.457 e. The second-order valence-corrected chi connectivity index (χ2v) is 8.59. The van der Waals surface area contributed by atoms with Gasteiger partial charge in [-0.1, -0.05) is 30.4 Å². The van der Waals surface area contributed by atoms with Gasteiger partial charge in [0.05, 0.1) is 5.69 Å². The quantitative estimate of drug-likeness (QED) is 0.443. The van der Waals surface area contributed by atoms with E-state index in [9.17, 15) is 9.59 Å². The minimum Gasteiger partial charge on any atom is -0.457 e. The van der Waals surface area contributed by atoms with Gasteiger partial charge in [0, 0.05) is 0 Å². The Labute approximate surface area is 180 Å². The molecule has 1 saturated carbocycles. The van der Waals surface area contributed by atoms with Crippen molar-refractivity contribution < 1.29 is 14.3 Å². The number of thiocarbonyl (C=S) groups is 1. The number of nitrogens with one attached hydrogen (secondary N) is 1. The van der Waals surface area contributed by atoms with E-state index in [1.807, 2.05) is 30.3 Å². The molecule has 0 radical (unpaired) electrons. The van der Waals surface area contributed by atoms with Crippen LogP contribution in [-0.4, -0.2) is 16.9 Å². The van der Waals surface area contributed by atoms with Crippen LogP contribution in [0, 0.1) is 23.7 Å². The minimum absolute atomic E-state index is 0.130. The first-order chi connectivity index (χ1) is 14.6. The van der Waals surface area contributed by atoms with Crippen LogP contribution in [0.15, 0.2) is 66.7 Å².